The normalized spacial score (nSPS) is 32.4. The molecule has 1 aliphatic rings. The SMILES string of the molecule is CC1NN=NC1C(C)(C)C. The first-order valence-electron chi connectivity index (χ1n) is 3.67. The third-order valence-electron chi connectivity index (χ3n) is 1.80. The molecule has 1 aliphatic heterocycles. The van der Waals surface area contributed by atoms with Crippen LogP contribution in [-0.4, -0.2) is 12.1 Å². The van der Waals surface area contributed by atoms with E-state index in [4.69, 9.17) is 0 Å². The Labute approximate surface area is 61.9 Å². The first kappa shape index (κ1) is 7.51. The molecule has 0 bridgehead atoms. The maximum atomic E-state index is 4.10. The first-order chi connectivity index (χ1) is 4.52. The molecule has 2 unspecified atom stereocenters. The quantitative estimate of drug-likeness (QED) is 0.548. The van der Waals surface area contributed by atoms with Crippen LogP contribution >= 0.6 is 0 Å². The average Bonchev–Trinajstić information content (AvgIpc) is 2.11. The number of nitrogens with one attached hydrogen (secondary N) is 1. The van der Waals surface area contributed by atoms with Crippen molar-refractivity contribution in [3.63, 3.8) is 0 Å². The Balaban J connectivity index is 2.64. The Kier molecular flexibility index (Phi) is 1.67. The maximum absolute atomic E-state index is 4.10. The molecule has 0 fully saturated rings. The largest absolute Gasteiger partial charge is 0.287 e. The van der Waals surface area contributed by atoms with E-state index in [0.717, 1.165) is 0 Å². The van der Waals surface area contributed by atoms with E-state index >= 15 is 0 Å². The molecule has 0 aromatic heterocycles. The second-order valence-corrected chi connectivity index (χ2v) is 3.94. The van der Waals surface area contributed by atoms with E-state index in [1.54, 1.807) is 0 Å². The van der Waals surface area contributed by atoms with Crippen molar-refractivity contribution in [3.8, 4) is 0 Å². The predicted octanol–water partition coefficient (Wildman–Crippen LogP) is 1.76. The topological polar surface area (TPSA) is 36.8 Å². The molecule has 10 heavy (non-hydrogen) atoms. The molecule has 0 radical (unpaired) electrons. The van der Waals surface area contributed by atoms with Crippen molar-refractivity contribution in [1.29, 1.82) is 0 Å². The molecule has 0 spiro atoms. The van der Waals surface area contributed by atoms with E-state index in [-0.39, 0.29) is 5.41 Å². The summed E-state index contributed by atoms with van der Waals surface area (Å²) in [6.07, 6.45) is 0. The minimum absolute atomic E-state index is 0.229. The van der Waals surface area contributed by atoms with Crippen LogP contribution in [0.3, 0.4) is 0 Å². The minimum Gasteiger partial charge on any atom is -0.287 e. The van der Waals surface area contributed by atoms with Crippen LogP contribution in [0.25, 0.3) is 0 Å². The molecular formula is C7H15N3. The Morgan fingerprint density at radius 2 is 1.90 bits per heavy atom. The van der Waals surface area contributed by atoms with Gasteiger partial charge in [-0.1, -0.05) is 26.0 Å². The van der Waals surface area contributed by atoms with Crippen LogP contribution in [0.2, 0.25) is 0 Å². The van der Waals surface area contributed by atoms with Crippen LogP contribution < -0.4 is 5.43 Å². The van der Waals surface area contributed by atoms with Gasteiger partial charge in [-0.25, -0.2) is 0 Å². The van der Waals surface area contributed by atoms with Crippen LogP contribution in [0, 0.1) is 5.41 Å². The monoisotopic (exact) mass is 141 g/mol. The zero-order valence-corrected chi connectivity index (χ0v) is 7.05. The van der Waals surface area contributed by atoms with Crippen LogP contribution in [0.4, 0.5) is 0 Å². The minimum atomic E-state index is 0.229. The van der Waals surface area contributed by atoms with E-state index in [9.17, 15) is 0 Å². The fourth-order valence-corrected chi connectivity index (χ4v) is 1.28. The van der Waals surface area contributed by atoms with Gasteiger partial charge in [-0.05, 0) is 12.3 Å². The van der Waals surface area contributed by atoms with Gasteiger partial charge in [-0.2, -0.15) is 5.11 Å². The van der Waals surface area contributed by atoms with Crippen LogP contribution in [0.5, 0.6) is 0 Å². The summed E-state index contributed by atoms with van der Waals surface area (Å²) in [5, 5.41) is 7.89. The van der Waals surface area contributed by atoms with Crippen molar-refractivity contribution in [3.05, 3.63) is 0 Å². The molecule has 0 saturated carbocycles. The molecule has 1 N–H and O–H groups in total. The second-order valence-electron chi connectivity index (χ2n) is 3.94. The highest BCUT2D eigenvalue weighted by Crippen LogP contribution is 2.27. The van der Waals surface area contributed by atoms with E-state index in [1.165, 1.54) is 0 Å². The van der Waals surface area contributed by atoms with Crippen LogP contribution in [-0.2, 0) is 0 Å². The van der Waals surface area contributed by atoms with Gasteiger partial charge >= 0.3 is 0 Å². The van der Waals surface area contributed by atoms with Crippen molar-refractivity contribution in [1.82, 2.24) is 5.43 Å². The van der Waals surface area contributed by atoms with E-state index in [2.05, 4.69) is 43.5 Å². The van der Waals surface area contributed by atoms with Crippen LogP contribution in [0.15, 0.2) is 10.3 Å². The molecular weight excluding hydrogens is 126 g/mol. The summed E-state index contributed by atoms with van der Waals surface area (Å²) < 4.78 is 0. The Morgan fingerprint density at radius 1 is 1.30 bits per heavy atom. The zero-order chi connectivity index (χ0) is 7.78. The van der Waals surface area contributed by atoms with Gasteiger partial charge in [0.15, 0.2) is 0 Å². The Morgan fingerprint density at radius 3 is 2.10 bits per heavy atom. The predicted molar refractivity (Wildman–Crippen MR) is 40.7 cm³/mol. The van der Waals surface area contributed by atoms with Crippen molar-refractivity contribution in [2.24, 2.45) is 15.8 Å². The molecule has 0 saturated heterocycles. The summed E-state index contributed by atoms with van der Waals surface area (Å²) in [6, 6.07) is 0.715. The van der Waals surface area contributed by atoms with Gasteiger partial charge in [0.05, 0.1) is 12.1 Å². The molecule has 0 aliphatic carbocycles. The number of rotatable bonds is 0. The van der Waals surface area contributed by atoms with Gasteiger partial charge in [-0.3, -0.25) is 5.43 Å². The molecule has 1 rings (SSSR count). The number of nitrogens with zero attached hydrogens (tertiary/aromatic N) is 2. The number of hydrogen-bond donors (Lipinski definition) is 1. The summed E-state index contributed by atoms with van der Waals surface area (Å²) >= 11 is 0. The lowest BCUT2D eigenvalue weighted by molar-refractivity contribution is 0.295. The summed E-state index contributed by atoms with van der Waals surface area (Å²) in [4.78, 5) is 0. The lowest BCUT2D eigenvalue weighted by Gasteiger charge is -2.25. The Bertz CT molecular complexity index is 145. The maximum Gasteiger partial charge on any atom is 0.0992 e. The summed E-state index contributed by atoms with van der Waals surface area (Å²) in [5.41, 5.74) is 3.16. The fourth-order valence-electron chi connectivity index (χ4n) is 1.28. The van der Waals surface area contributed by atoms with E-state index in [0.29, 0.717) is 12.1 Å². The summed E-state index contributed by atoms with van der Waals surface area (Å²) in [5.74, 6) is 0. The van der Waals surface area contributed by atoms with Crippen molar-refractivity contribution >= 4 is 0 Å². The van der Waals surface area contributed by atoms with Gasteiger partial charge in [0, 0.05) is 0 Å². The zero-order valence-electron chi connectivity index (χ0n) is 7.05. The third kappa shape index (κ3) is 1.28. The highest BCUT2D eigenvalue weighted by molar-refractivity contribution is 4.89. The first-order valence-corrected chi connectivity index (χ1v) is 3.67. The van der Waals surface area contributed by atoms with Crippen LogP contribution in [0.1, 0.15) is 27.7 Å². The molecule has 0 aromatic carbocycles. The second kappa shape index (κ2) is 2.22. The Hall–Kier alpha value is -0.600. The highest BCUT2D eigenvalue weighted by Gasteiger charge is 2.32. The van der Waals surface area contributed by atoms with Crippen molar-refractivity contribution in [2.45, 2.75) is 39.8 Å². The van der Waals surface area contributed by atoms with Gasteiger partial charge in [0.1, 0.15) is 0 Å². The molecule has 3 nitrogen and oxygen atoms in total. The standard InChI is InChI=1S/C7H15N3/c1-5-6(7(2,3)4)9-10-8-5/h5-6H,1-4H3,(H,8,9). The van der Waals surface area contributed by atoms with Gasteiger partial charge in [-0.15, -0.1) is 0 Å². The molecule has 2 atom stereocenters. The number of hydrogen-bond acceptors (Lipinski definition) is 3. The summed E-state index contributed by atoms with van der Waals surface area (Å²) in [7, 11) is 0. The van der Waals surface area contributed by atoms with Gasteiger partial charge in [0.25, 0.3) is 0 Å². The van der Waals surface area contributed by atoms with E-state index < -0.39 is 0 Å². The molecule has 1 heterocycles. The fraction of sp³-hybridized carbons (Fsp3) is 1.00. The lowest BCUT2D eigenvalue weighted by Crippen LogP contribution is -2.36. The van der Waals surface area contributed by atoms with Gasteiger partial charge in [0.2, 0.25) is 0 Å². The smallest absolute Gasteiger partial charge is 0.0992 e. The molecule has 3 heteroatoms. The summed E-state index contributed by atoms with van der Waals surface area (Å²) in [6.45, 7) is 8.65. The van der Waals surface area contributed by atoms with E-state index in [1.807, 2.05) is 0 Å². The third-order valence-corrected chi connectivity index (χ3v) is 1.80. The average molecular weight is 141 g/mol. The highest BCUT2D eigenvalue weighted by atomic mass is 15.5. The van der Waals surface area contributed by atoms with Gasteiger partial charge < -0.3 is 0 Å². The lowest BCUT2D eigenvalue weighted by atomic mass is 9.84. The molecule has 58 valence electrons. The molecule has 0 amide bonds. The van der Waals surface area contributed by atoms with Crippen molar-refractivity contribution < 1.29 is 0 Å². The van der Waals surface area contributed by atoms with Crippen molar-refractivity contribution in [2.75, 3.05) is 0 Å². The molecule has 0 aromatic rings.